The summed E-state index contributed by atoms with van der Waals surface area (Å²) in [5.74, 6) is 2.18. The SMILES string of the molecule is C1=CC2N=C3N(c4ccc5c(c4)-c4ccccc4-c4ccccc4-c4cc(-c6ncnc(-c7ccc8c(c7)-c7ccccc7-c7ccccc7-c7ncccc7-8)n6)ccc4-5)c4ccccc4N3C2C=C1. The monoisotopic (exact) mass is 893 g/mol. The van der Waals surface area contributed by atoms with Crippen LogP contribution in [0.2, 0.25) is 0 Å². The van der Waals surface area contributed by atoms with Gasteiger partial charge in [-0.25, -0.2) is 19.9 Å². The summed E-state index contributed by atoms with van der Waals surface area (Å²) in [5, 5.41) is 0. The molecule has 0 saturated heterocycles. The van der Waals surface area contributed by atoms with E-state index in [1.807, 2.05) is 12.3 Å². The molecule has 0 radical (unpaired) electrons. The zero-order valence-corrected chi connectivity index (χ0v) is 37.6. The van der Waals surface area contributed by atoms with Gasteiger partial charge in [-0.15, -0.1) is 0 Å². The predicted octanol–water partition coefficient (Wildman–Crippen LogP) is 14.8. The highest BCUT2D eigenvalue weighted by atomic mass is 15.5. The van der Waals surface area contributed by atoms with Gasteiger partial charge in [0.05, 0.1) is 29.2 Å². The fraction of sp³-hybridized carbons (Fsp3) is 0.0317. The zero-order chi connectivity index (χ0) is 45.9. The Balaban J connectivity index is 0.867. The van der Waals surface area contributed by atoms with Gasteiger partial charge in [0.1, 0.15) is 6.33 Å². The lowest BCUT2D eigenvalue weighted by molar-refractivity contribution is 0.741. The smallest absolute Gasteiger partial charge is 0.211 e. The van der Waals surface area contributed by atoms with Crippen molar-refractivity contribution in [3.05, 3.63) is 225 Å². The van der Waals surface area contributed by atoms with E-state index in [2.05, 4.69) is 216 Å². The van der Waals surface area contributed by atoms with Crippen LogP contribution in [0.5, 0.6) is 0 Å². The van der Waals surface area contributed by atoms with E-state index in [1.54, 1.807) is 6.33 Å². The molecule has 2 aromatic heterocycles. The van der Waals surface area contributed by atoms with Gasteiger partial charge in [0.2, 0.25) is 5.96 Å². The number of hydrogen-bond donors (Lipinski definition) is 0. The van der Waals surface area contributed by atoms with Gasteiger partial charge in [0.15, 0.2) is 11.6 Å². The number of pyridine rings is 1. The normalized spacial score (nSPS) is 15.9. The molecular weight excluding hydrogens is 855 g/mol. The van der Waals surface area contributed by atoms with Crippen LogP contribution < -0.4 is 9.80 Å². The highest BCUT2D eigenvalue weighted by molar-refractivity contribution is 6.22. The minimum Gasteiger partial charge on any atom is -0.300 e. The van der Waals surface area contributed by atoms with E-state index in [4.69, 9.17) is 24.9 Å². The molecule has 15 rings (SSSR count). The fourth-order valence-corrected chi connectivity index (χ4v) is 11.5. The first-order valence-electron chi connectivity index (χ1n) is 23.8. The van der Waals surface area contributed by atoms with Crippen LogP contribution in [0.1, 0.15) is 0 Å². The molecule has 0 spiro atoms. The predicted molar refractivity (Wildman–Crippen MR) is 283 cm³/mol. The Bertz CT molecular complexity index is 3950. The fourth-order valence-electron chi connectivity index (χ4n) is 11.5. The molecule has 10 aromatic rings. The molecule has 7 nitrogen and oxygen atoms in total. The second kappa shape index (κ2) is 15.1. The van der Waals surface area contributed by atoms with Crippen molar-refractivity contribution in [1.29, 1.82) is 0 Å². The molecule has 0 saturated carbocycles. The maximum absolute atomic E-state index is 5.33. The summed E-state index contributed by atoms with van der Waals surface area (Å²) in [7, 11) is 0. The van der Waals surface area contributed by atoms with E-state index in [0.717, 1.165) is 101 Å². The Kier molecular flexibility index (Phi) is 8.35. The topological polar surface area (TPSA) is 70.4 Å². The Morgan fingerprint density at radius 1 is 0.371 bits per heavy atom. The molecule has 2 unspecified atom stereocenters. The van der Waals surface area contributed by atoms with Gasteiger partial charge >= 0.3 is 0 Å². The Labute approximate surface area is 404 Å². The lowest BCUT2D eigenvalue weighted by Gasteiger charge is -2.26. The van der Waals surface area contributed by atoms with Gasteiger partial charge in [-0.1, -0.05) is 170 Å². The van der Waals surface area contributed by atoms with Crippen molar-refractivity contribution in [2.75, 3.05) is 9.80 Å². The maximum Gasteiger partial charge on any atom is 0.211 e. The minimum atomic E-state index is 0.0679. The first kappa shape index (κ1) is 38.7. The van der Waals surface area contributed by atoms with Crippen LogP contribution in [0.4, 0.5) is 17.1 Å². The van der Waals surface area contributed by atoms with Crippen LogP contribution in [-0.4, -0.2) is 38.0 Å². The number of fused-ring (bicyclic) bond motifs is 21. The number of aromatic nitrogens is 4. The van der Waals surface area contributed by atoms with E-state index in [-0.39, 0.29) is 12.1 Å². The number of hydrogen-bond acceptors (Lipinski definition) is 7. The van der Waals surface area contributed by atoms with Crippen LogP contribution in [0.15, 0.2) is 230 Å². The van der Waals surface area contributed by atoms with Crippen LogP contribution in [0, 0.1) is 0 Å². The number of rotatable bonds is 3. The van der Waals surface area contributed by atoms with E-state index in [9.17, 15) is 0 Å². The Morgan fingerprint density at radius 2 is 0.843 bits per heavy atom. The molecule has 0 N–H and O–H groups in total. The lowest BCUT2D eigenvalue weighted by atomic mass is 9.80. The molecule has 0 bridgehead atoms. The molecule has 5 aliphatic rings. The summed E-state index contributed by atoms with van der Waals surface area (Å²) in [6.45, 7) is 0. The first-order chi connectivity index (χ1) is 34.7. The summed E-state index contributed by atoms with van der Waals surface area (Å²) >= 11 is 0. The molecule has 326 valence electrons. The minimum absolute atomic E-state index is 0.0679. The number of anilines is 3. The number of nitrogens with zero attached hydrogens (tertiary/aromatic N) is 7. The third-order valence-electron chi connectivity index (χ3n) is 14.6. The molecular formula is C63H39N7. The molecule has 3 aliphatic carbocycles. The zero-order valence-electron chi connectivity index (χ0n) is 37.6. The average molecular weight is 894 g/mol. The van der Waals surface area contributed by atoms with Crippen LogP contribution in [-0.2, 0) is 0 Å². The lowest BCUT2D eigenvalue weighted by Crippen LogP contribution is -2.39. The van der Waals surface area contributed by atoms with Gasteiger partial charge in [-0.05, 0) is 115 Å². The molecule has 2 atom stereocenters. The summed E-state index contributed by atoms with van der Waals surface area (Å²) in [4.78, 5) is 29.9. The van der Waals surface area contributed by atoms with Crippen molar-refractivity contribution in [2.24, 2.45) is 4.99 Å². The van der Waals surface area contributed by atoms with Crippen LogP contribution >= 0.6 is 0 Å². The summed E-state index contributed by atoms with van der Waals surface area (Å²) in [6, 6.07) is 68.0. The largest absolute Gasteiger partial charge is 0.300 e. The Morgan fingerprint density at radius 3 is 1.47 bits per heavy atom. The van der Waals surface area contributed by atoms with Crippen LogP contribution in [0.3, 0.4) is 0 Å². The molecule has 0 fully saturated rings. The van der Waals surface area contributed by atoms with Gasteiger partial charge in [-0.2, -0.15) is 0 Å². The van der Waals surface area contributed by atoms with Gasteiger partial charge in [-0.3, -0.25) is 9.88 Å². The van der Waals surface area contributed by atoms with Crippen LogP contribution in [0.25, 0.3) is 112 Å². The molecule has 0 amide bonds. The number of aliphatic imine (C=N–C) groups is 1. The van der Waals surface area contributed by atoms with Gasteiger partial charge < -0.3 is 4.90 Å². The summed E-state index contributed by atoms with van der Waals surface area (Å²) in [5.41, 5.74) is 23.3. The number of guanidine groups is 1. The van der Waals surface area contributed by atoms with Gasteiger partial charge in [0, 0.05) is 34.1 Å². The van der Waals surface area contributed by atoms with Crippen molar-refractivity contribution in [3.8, 4) is 112 Å². The van der Waals surface area contributed by atoms with E-state index in [0.29, 0.717) is 11.6 Å². The van der Waals surface area contributed by atoms with Crippen molar-refractivity contribution in [1.82, 2.24) is 19.9 Å². The number of allylic oxidation sites excluding steroid dienone is 2. The quantitative estimate of drug-likeness (QED) is 0.176. The maximum atomic E-state index is 5.33. The van der Waals surface area contributed by atoms with E-state index >= 15 is 0 Å². The van der Waals surface area contributed by atoms with Gasteiger partial charge in [0.25, 0.3) is 0 Å². The molecule has 2 aliphatic heterocycles. The summed E-state index contributed by atoms with van der Waals surface area (Å²) < 4.78 is 0. The van der Waals surface area contributed by atoms with E-state index in [1.165, 1.54) is 22.4 Å². The highest BCUT2D eigenvalue weighted by Gasteiger charge is 2.45. The van der Waals surface area contributed by atoms with Crippen molar-refractivity contribution < 1.29 is 0 Å². The molecule has 4 heterocycles. The molecule has 8 aromatic carbocycles. The van der Waals surface area contributed by atoms with Crippen molar-refractivity contribution >= 4 is 23.0 Å². The van der Waals surface area contributed by atoms with E-state index < -0.39 is 0 Å². The number of benzene rings is 8. The average Bonchev–Trinajstić information content (AvgIpc) is 3.97. The highest BCUT2D eigenvalue weighted by Crippen LogP contribution is 2.53. The number of para-hydroxylation sites is 2. The second-order valence-electron chi connectivity index (χ2n) is 18.3. The van der Waals surface area contributed by atoms with Crippen molar-refractivity contribution in [2.45, 2.75) is 12.1 Å². The molecule has 7 heteroatoms. The summed E-state index contributed by atoms with van der Waals surface area (Å²) in [6.07, 6.45) is 12.3. The molecule has 70 heavy (non-hydrogen) atoms. The Hall–Kier alpha value is -9.33. The standard InChI is InChI=1S/C63H39N7/c1-4-18-45-41(14-1)42-15-2-6-20-47(42)55-36-40(69-58-25-11-12-26-59(58)70-57-24-10-9-23-56(57)67-63(69)70)29-32-49(55)48-30-27-38(34-53(45)48)61-65-37-66-62(68-61)39-28-31-50-52-22-13-33-64-60(52)51-21-8-7-17-44(51)43-16-3-5-19-46(43)54(50)35-39/h1-37,56-57H. The third kappa shape index (κ3) is 5.72. The first-order valence-corrected chi connectivity index (χ1v) is 23.8. The second-order valence-corrected chi connectivity index (χ2v) is 18.3. The third-order valence-corrected chi connectivity index (χ3v) is 14.6. The van der Waals surface area contributed by atoms with Crippen molar-refractivity contribution in [3.63, 3.8) is 0 Å².